The van der Waals surface area contributed by atoms with Gasteiger partial charge in [0.2, 0.25) is 0 Å². The lowest BCUT2D eigenvalue weighted by Gasteiger charge is -2.14. The molecule has 0 radical (unpaired) electrons. The van der Waals surface area contributed by atoms with Crippen molar-refractivity contribution >= 4 is 23.5 Å². The molecule has 0 bridgehead atoms. The molecular formula is C12H14N2O6. The van der Waals surface area contributed by atoms with Gasteiger partial charge in [-0.3, -0.25) is 9.59 Å². The fourth-order valence-electron chi connectivity index (χ4n) is 1.51. The molecule has 5 N–H and O–H groups in total. The largest absolute Gasteiger partial charge is 0.496 e. The molecule has 0 spiro atoms. The van der Waals surface area contributed by atoms with Gasteiger partial charge in [-0.2, -0.15) is 0 Å². The molecule has 0 heterocycles. The van der Waals surface area contributed by atoms with Crippen molar-refractivity contribution in [3.05, 3.63) is 23.8 Å². The number of methoxy groups -OCH3 is 1. The summed E-state index contributed by atoms with van der Waals surface area (Å²) in [5.74, 6) is -3.35. The number of nitrogens with two attached hydrogens (primary N) is 1. The highest BCUT2D eigenvalue weighted by Crippen LogP contribution is 2.21. The Kier molecular flexibility index (Phi) is 4.90. The van der Waals surface area contributed by atoms with Crippen LogP contribution in [0.15, 0.2) is 18.2 Å². The lowest BCUT2D eigenvalue weighted by molar-refractivity contribution is -0.145. The second-order valence-electron chi connectivity index (χ2n) is 3.92. The molecule has 0 aliphatic carbocycles. The predicted octanol–water partition coefficient (Wildman–Crippen LogP) is -0.0649. The van der Waals surface area contributed by atoms with Gasteiger partial charge < -0.3 is 26.0 Å². The van der Waals surface area contributed by atoms with Gasteiger partial charge in [-0.15, -0.1) is 0 Å². The SMILES string of the molecule is COc1cc(N)ccc1C(=O)NC(CC(=O)O)C(=O)O. The number of hydrogen-bond acceptors (Lipinski definition) is 5. The van der Waals surface area contributed by atoms with Crippen LogP contribution in [-0.4, -0.2) is 41.2 Å². The molecule has 108 valence electrons. The summed E-state index contributed by atoms with van der Waals surface area (Å²) in [7, 11) is 1.33. The van der Waals surface area contributed by atoms with Crippen LogP contribution in [0.2, 0.25) is 0 Å². The van der Waals surface area contributed by atoms with Crippen molar-refractivity contribution in [3.63, 3.8) is 0 Å². The molecular weight excluding hydrogens is 268 g/mol. The number of ether oxygens (including phenoxy) is 1. The van der Waals surface area contributed by atoms with E-state index in [1.807, 2.05) is 0 Å². The lowest BCUT2D eigenvalue weighted by Crippen LogP contribution is -2.42. The van der Waals surface area contributed by atoms with Crippen LogP contribution < -0.4 is 15.8 Å². The molecule has 8 heteroatoms. The Labute approximate surface area is 114 Å². The molecule has 8 nitrogen and oxygen atoms in total. The summed E-state index contributed by atoms with van der Waals surface area (Å²) in [6.45, 7) is 0. The van der Waals surface area contributed by atoms with Crippen LogP contribution >= 0.6 is 0 Å². The summed E-state index contributed by atoms with van der Waals surface area (Å²) in [6, 6.07) is 2.69. The maximum atomic E-state index is 11.9. The number of nitrogen functional groups attached to an aromatic ring is 1. The number of carboxylic acids is 2. The van der Waals surface area contributed by atoms with Gasteiger partial charge in [-0.1, -0.05) is 0 Å². The van der Waals surface area contributed by atoms with Gasteiger partial charge in [0.25, 0.3) is 5.91 Å². The fraction of sp³-hybridized carbons (Fsp3) is 0.250. The third kappa shape index (κ3) is 3.87. The minimum Gasteiger partial charge on any atom is -0.496 e. The van der Waals surface area contributed by atoms with Crippen LogP contribution in [0.5, 0.6) is 5.75 Å². The molecule has 0 aliphatic rings. The van der Waals surface area contributed by atoms with Gasteiger partial charge in [0, 0.05) is 11.8 Å². The first-order valence-electron chi connectivity index (χ1n) is 5.54. The van der Waals surface area contributed by atoms with Gasteiger partial charge in [0.15, 0.2) is 0 Å². The van der Waals surface area contributed by atoms with E-state index in [1.54, 1.807) is 0 Å². The number of benzene rings is 1. The number of carboxylic acid groups (broad SMARTS) is 2. The minimum absolute atomic E-state index is 0.0679. The van der Waals surface area contributed by atoms with Crippen molar-refractivity contribution in [2.45, 2.75) is 12.5 Å². The van der Waals surface area contributed by atoms with E-state index in [0.717, 1.165) is 0 Å². The second kappa shape index (κ2) is 6.41. The molecule has 0 fully saturated rings. The molecule has 0 aliphatic heterocycles. The smallest absolute Gasteiger partial charge is 0.326 e. The van der Waals surface area contributed by atoms with Crippen LogP contribution in [-0.2, 0) is 9.59 Å². The molecule has 1 amide bonds. The van der Waals surface area contributed by atoms with Gasteiger partial charge in [0.05, 0.1) is 19.1 Å². The van der Waals surface area contributed by atoms with Crippen molar-refractivity contribution in [1.29, 1.82) is 0 Å². The number of nitrogens with one attached hydrogen (secondary N) is 1. The molecule has 1 aromatic carbocycles. The maximum absolute atomic E-state index is 11.9. The zero-order valence-corrected chi connectivity index (χ0v) is 10.6. The summed E-state index contributed by atoms with van der Waals surface area (Å²) >= 11 is 0. The first-order chi connectivity index (χ1) is 9.35. The number of amides is 1. The van der Waals surface area contributed by atoms with E-state index in [9.17, 15) is 14.4 Å². The first kappa shape index (κ1) is 15.3. The van der Waals surface area contributed by atoms with Crippen LogP contribution in [0.1, 0.15) is 16.8 Å². The van der Waals surface area contributed by atoms with Crippen LogP contribution in [0.4, 0.5) is 5.69 Å². The zero-order valence-electron chi connectivity index (χ0n) is 10.6. The summed E-state index contributed by atoms with van der Waals surface area (Å²) in [5.41, 5.74) is 5.98. The zero-order chi connectivity index (χ0) is 15.3. The number of anilines is 1. The van der Waals surface area contributed by atoms with E-state index in [4.69, 9.17) is 20.7 Å². The van der Waals surface area contributed by atoms with Crippen LogP contribution in [0.25, 0.3) is 0 Å². The molecule has 1 rings (SSSR count). The van der Waals surface area contributed by atoms with E-state index in [0.29, 0.717) is 5.69 Å². The minimum atomic E-state index is -1.53. The normalized spacial score (nSPS) is 11.4. The van der Waals surface area contributed by atoms with Gasteiger partial charge in [-0.25, -0.2) is 4.79 Å². The Morgan fingerprint density at radius 1 is 1.35 bits per heavy atom. The van der Waals surface area contributed by atoms with E-state index in [1.165, 1.54) is 25.3 Å². The predicted molar refractivity (Wildman–Crippen MR) is 68.5 cm³/mol. The number of carbonyl (C=O) groups is 3. The molecule has 0 aromatic heterocycles. The molecule has 1 aromatic rings. The van der Waals surface area contributed by atoms with Gasteiger partial charge >= 0.3 is 11.9 Å². The quantitative estimate of drug-likeness (QED) is 0.536. The Balaban J connectivity index is 2.94. The monoisotopic (exact) mass is 282 g/mol. The van der Waals surface area contributed by atoms with E-state index in [-0.39, 0.29) is 11.3 Å². The Bertz CT molecular complexity index is 543. The summed E-state index contributed by atoms with van der Waals surface area (Å²) < 4.78 is 4.97. The van der Waals surface area contributed by atoms with Crippen LogP contribution in [0.3, 0.4) is 0 Å². The Morgan fingerprint density at radius 2 is 2.00 bits per heavy atom. The lowest BCUT2D eigenvalue weighted by atomic mass is 10.1. The number of aliphatic carboxylic acids is 2. The number of rotatable bonds is 6. The average molecular weight is 282 g/mol. The summed E-state index contributed by atoms with van der Waals surface area (Å²) in [6.07, 6.45) is -0.724. The van der Waals surface area contributed by atoms with Gasteiger partial charge in [0.1, 0.15) is 11.8 Å². The third-order valence-electron chi connectivity index (χ3n) is 2.45. The first-order valence-corrected chi connectivity index (χ1v) is 5.54. The van der Waals surface area contributed by atoms with Crippen LogP contribution in [0, 0.1) is 0 Å². The van der Waals surface area contributed by atoms with Crippen molar-refractivity contribution in [3.8, 4) is 5.75 Å². The number of carbonyl (C=O) groups excluding carboxylic acids is 1. The number of hydrogen-bond donors (Lipinski definition) is 4. The Hall–Kier alpha value is -2.77. The topological polar surface area (TPSA) is 139 Å². The molecule has 1 unspecified atom stereocenters. The third-order valence-corrected chi connectivity index (χ3v) is 2.45. The molecule has 20 heavy (non-hydrogen) atoms. The highest BCUT2D eigenvalue weighted by atomic mass is 16.5. The summed E-state index contributed by atoms with van der Waals surface area (Å²) in [5, 5.41) is 19.6. The van der Waals surface area contributed by atoms with E-state index in [2.05, 4.69) is 5.32 Å². The van der Waals surface area contributed by atoms with E-state index < -0.39 is 30.3 Å². The molecule has 1 atom stereocenters. The van der Waals surface area contributed by atoms with Crippen molar-refractivity contribution in [2.24, 2.45) is 0 Å². The van der Waals surface area contributed by atoms with Crippen molar-refractivity contribution < 1.29 is 29.3 Å². The van der Waals surface area contributed by atoms with Crippen molar-refractivity contribution in [2.75, 3.05) is 12.8 Å². The highest BCUT2D eigenvalue weighted by molar-refractivity contribution is 5.99. The average Bonchev–Trinajstić information content (AvgIpc) is 2.36. The Morgan fingerprint density at radius 3 is 2.50 bits per heavy atom. The summed E-state index contributed by atoms with van der Waals surface area (Å²) in [4.78, 5) is 33.4. The van der Waals surface area contributed by atoms with E-state index >= 15 is 0 Å². The van der Waals surface area contributed by atoms with Gasteiger partial charge in [-0.05, 0) is 12.1 Å². The molecule has 0 saturated heterocycles. The highest BCUT2D eigenvalue weighted by Gasteiger charge is 2.24. The second-order valence-corrected chi connectivity index (χ2v) is 3.92. The fourth-order valence-corrected chi connectivity index (χ4v) is 1.51. The molecule has 0 saturated carbocycles. The van der Waals surface area contributed by atoms with Crippen molar-refractivity contribution in [1.82, 2.24) is 5.32 Å². The maximum Gasteiger partial charge on any atom is 0.326 e. The standard InChI is InChI=1S/C12H14N2O6/c1-20-9-4-6(13)2-3-7(9)11(17)14-8(12(18)19)5-10(15)16/h2-4,8H,5,13H2,1H3,(H,14,17)(H,15,16)(H,18,19).